The Kier molecular flexibility index (Phi) is 3.08. The molecule has 2 aliphatic heterocycles. The first-order chi connectivity index (χ1) is 8.75. The summed E-state index contributed by atoms with van der Waals surface area (Å²) in [6, 6.07) is 8.39. The predicted molar refractivity (Wildman–Crippen MR) is 72.7 cm³/mol. The summed E-state index contributed by atoms with van der Waals surface area (Å²) in [6.07, 6.45) is 3.47. The van der Waals surface area contributed by atoms with Crippen LogP contribution in [0.1, 0.15) is 24.8 Å². The lowest BCUT2D eigenvalue weighted by molar-refractivity contribution is -0.121. The third-order valence-electron chi connectivity index (χ3n) is 4.10. The molecule has 1 amide bonds. The Hall–Kier alpha value is -1.35. The van der Waals surface area contributed by atoms with Crippen LogP contribution in [0.25, 0.3) is 0 Å². The summed E-state index contributed by atoms with van der Waals surface area (Å²) in [5, 5.41) is 0. The van der Waals surface area contributed by atoms with Crippen LogP contribution in [0.3, 0.4) is 0 Å². The smallest absolute Gasteiger partial charge is 0.244 e. The first-order valence-electron chi connectivity index (χ1n) is 6.88. The van der Waals surface area contributed by atoms with Crippen LogP contribution in [0.15, 0.2) is 24.3 Å². The van der Waals surface area contributed by atoms with Gasteiger partial charge in [0.05, 0.1) is 6.04 Å². The second-order valence-electron chi connectivity index (χ2n) is 5.37. The minimum absolute atomic E-state index is 0.133. The van der Waals surface area contributed by atoms with Gasteiger partial charge in [-0.05, 0) is 51.4 Å². The van der Waals surface area contributed by atoms with Gasteiger partial charge in [0, 0.05) is 12.2 Å². The highest BCUT2D eigenvalue weighted by Crippen LogP contribution is 2.26. The van der Waals surface area contributed by atoms with Crippen LogP contribution < -0.4 is 4.90 Å². The van der Waals surface area contributed by atoms with E-state index >= 15 is 0 Å². The fourth-order valence-corrected chi connectivity index (χ4v) is 3.04. The second kappa shape index (κ2) is 4.73. The molecular formula is C15H20N2O. The molecule has 2 aliphatic rings. The molecule has 2 fully saturated rings. The van der Waals surface area contributed by atoms with Crippen LogP contribution in [0.2, 0.25) is 0 Å². The maximum absolute atomic E-state index is 12.5. The van der Waals surface area contributed by atoms with E-state index in [1.165, 1.54) is 18.4 Å². The molecule has 18 heavy (non-hydrogen) atoms. The fourth-order valence-electron chi connectivity index (χ4n) is 3.04. The molecule has 2 heterocycles. The lowest BCUT2D eigenvalue weighted by Gasteiger charge is -2.22. The monoisotopic (exact) mass is 244 g/mol. The van der Waals surface area contributed by atoms with Gasteiger partial charge >= 0.3 is 0 Å². The van der Waals surface area contributed by atoms with Gasteiger partial charge in [-0.2, -0.15) is 0 Å². The van der Waals surface area contributed by atoms with Crippen molar-refractivity contribution < 1.29 is 4.79 Å². The van der Waals surface area contributed by atoms with Gasteiger partial charge in [0.2, 0.25) is 5.91 Å². The molecule has 0 N–H and O–H groups in total. The van der Waals surface area contributed by atoms with E-state index in [0.717, 1.165) is 31.7 Å². The van der Waals surface area contributed by atoms with Crippen LogP contribution in [-0.2, 0) is 4.79 Å². The molecule has 1 aromatic carbocycles. The van der Waals surface area contributed by atoms with E-state index in [4.69, 9.17) is 0 Å². The third-order valence-corrected chi connectivity index (χ3v) is 4.10. The van der Waals surface area contributed by atoms with Crippen LogP contribution >= 0.6 is 0 Å². The minimum atomic E-state index is 0.133. The number of amides is 1. The van der Waals surface area contributed by atoms with Crippen LogP contribution in [-0.4, -0.2) is 36.5 Å². The molecule has 1 aromatic rings. The van der Waals surface area contributed by atoms with Crippen LogP contribution in [0.5, 0.6) is 0 Å². The van der Waals surface area contributed by atoms with Crippen LogP contribution in [0, 0.1) is 6.92 Å². The number of benzene rings is 1. The average Bonchev–Trinajstić information content (AvgIpc) is 2.99. The number of carbonyl (C=O) groups excluding carboxylic acids is 1. The quantitative estimate of drug-likeness (QED) is 0.796. The highest BCUT2D eigenvalue weighted by atomic mass is 16.2. The van der Waals surface area contributed by atoms with Crippen molar-refractivity contribution >= 4 is 11.6 Å². The predicted octanol–water partition coefficient (Wildman–Crippen LogP) is 2.20. The van der Waals surface area contributed by atoms with Crippen molar-refractivity contribution in [3.63, 3.8) is 0 Å². The Morgan fingerprint density at radius 2 is 1.72 bits per heavy atom. The van der Waals surface area contributed by atoms with Gasteiger partial charge in [0.25, 0.3) is 0 Å². The van der Waals surface area contributed by atoms with E-state index in [1.54, 1.807) is 0 Å². The summed E-state index contributed by atoms with van der Waals surface area (Å²) in [5.74, 6) is 0.292. The topological polar surface area (TPSA) is 23.6 Å². The lowest BCUT2D eigenvalue weighted by Crippen LogP contribution is -2.40. The van der Waals surface area contributed by atoms with Crippen molar-refractivity contribution in [1.29, 1.82) is 0 Å². The highest BCUT2D eigenvalue weighted by molar-refractivity contribution is 5.99. The van der Waals surface area contributed by atoms with Crippen molar-refractivity contribution in [1.82, 2.24) is 4.90 Å². The first-order valence-corrected chi connectivity index (χ1v) is 6.88. The molecule has 1 atom stereocenters. The molecule has 2 saturated heterocycles. The van der Waals surface area contributed by atoms with E-state index in [-0.39, 0.29) is 6.04 Å². The van der Waals surface area contributed by atoms with Crippen molar-refractivity contribution in [3.05, 3.63) is 29.8 Å². The summed E-state index contributed by atoms with van der Waals surface area (Å²) in [4.78, 5) is 16.8. The van der Waals surface area contributed by atoms with E-state index < -0.39 is 0 Å². The van der Waals surface area contributed by atoms with Gasteiger partial charge in [-0.25, -0.2) is 0 Å². The number of rotatable bonds is 2. The Balaban J connectivity index is 1.75. The van der Waals surface area contributed by atoms with Crippen molar-refractivity contribution in [3.8, 4) is 0 Å². The number of nitrogens with zero attached hydrogens (tertiary/aromatic N) is 2. The summed E-state index contributed by atoms with van der Waals surface area (Å²) < 4.78 is 0. The van der Waals surface area contributed by atoms with E-state index in [9.17, 15) is 4.79 Å². The third kappa shape index (κ3) is 2.03. The highest BCUT2D eigenvalue weighted by Gasteiger charge is 2.37. The molecule has 0 bridgehead atoms. The van der Waals surface area contributed by atoms with Gasteiger partial charge in [0.15, 0.2) is 0 Å². The Morgan fingerprint density at radius 1 is 1.06 bits per heavy atom. The molecule has 3 heteroatoms. The Bertz CT molecular complexity index is 434. The summed E-state index contributed by atoms with van der Waals surface area (Å²) >= 11 is 0. The molecule has 3 rings (SSSR count). The standard InChI is InChI=1S/C15H20N2O/c1-12-4-6-13(7-5-12)17-11-8-14(15(17)18)16-9-2-3-10-16/h4-7,14H,2-3,8-11H2,1H3/t14-/m0/s1. The number of anilines is 1. The normalized spacial score (nSPS) is 25.1. The average molecular weight is 244 g/mol. The number of hydrogen-bond acceptors (Lipinski definition) is 2. The molecule has 96 valence electrons. The zero-order valence-corrected chi connectivity index (χ0v) is 10.9. The van der Waals surface area contributed by atoms with Gasteiger partial charge in [-0.3, -0.25) is 9.69 Å². The molecule has 0 aliphatic carbocycles. The largest absolute Gasteiger partial charge is 0.311 e. The zero-order valence-electron chi connectivity index (χ0n) is 10.9. The second-order valence-corrected chi connectivity index (χ2v) is 5.37. The number of likely N-dealkylation sites (tertiary alicyclic amines) is 1. The molecule has 0 radical (unpaired) electrons. The van der Waals surface area contributed by atoms with Gasteiger partial charge in [0.1, 0.15) is 0 Å². The van der Waals surface area contributed by atoms with Gasteiger partial charge in [-0.1, -0.05) is 17.7 Å². The molecule has 0 spiro atoms. The van der Waals surface area contributed by atoms with Gasteiger partial charge < -0.3 is 4.90 Å². The molecule has 0 aromatic heterocycles. The maximum Gasteiger partial charge on any atom is 0.244 e. The van der Waals surface area contributed by atoms with Gasteiger partial charge in [-0.15, -0.1) is 0 Å². The number of carbonyl (C=O) groups is 1. The van der Waals surface area contributed by atoms with E-state index in [1.807, 2.05) is 4.90 Å². The molecule has 3 nitrogen and oxygen atoms in total. The zero-order chi connectivity index (χ0) is 12.5. The summed E-state index contributed by atoms with van der Waals surface area (Å²) in [5.41, 5.74) is 2.29. The van der Waals surface area contributed by atoms with E-state index in [0.29, 0.717) is 5.91 Å². The Morgan fingerprint density at radius 3 is 2.39 bits per heavy atom. The Labute approximate surface area is 108 Å². The van der Waals surface area contributed by atoms with Crippen molar-refractivity contribution in [2.24, 2.45) is 0 Å². The van der Waals surface area contributed by atoms with E-state index in [2.05, 4.69) is 36.1 Å². The SMILES string of the molecule is Cc1ccc(N2CC[C@H](N3CCCC3)C2=O)cc1. The number of hydrogen-bond donors (Lipinski definition) is 0. The number of aryl methyl sites for hydroxylation is 1. The van der Waals surface area contributed by atoms with Crippen molar-refractivity contribution in [2.75, 3.05) is 24.5 Å². The molecule has 0 unspecified atom stereocenters. The summed E-state index contributed by atoms with van der Waals surface area (Å²) in [6.45, 7) is 5.13. The van der Waals surface area contributed by atoms with Crippen molar-refractivity contribution in [2.45, 2.75) is 32.2 Å². The lowest BCUT2D eigenvalue weighted by atomic mass is 10.2. The maximum atomic E-state index is 12.5. The fraction of sp³-hybridized carbons (Fsp3) is 0.533. The molecular weight excluding hydrogens is 224 g/mol. The van der Waals surface area contributed by atoms with Crippen LogP contribution in [0.4, 0.5) is 5.69 Å². The minimum Gasteiger partial charge on any atom is -0.311 e. The summed E-state index contributed by atoms with van der Waals surface area (Å²) in [7, 11) is 0. The molecule has 0 saturated carbocycles. The first kappa shape index (κ1) is 11.7.